The third-order valence-corrected chi connectivity index (χ3v) is 3.70. The third kappa shape index (κ3) is 4.38. The van der Waals surface area contributed by atoms with Crippen molar-refractivity contribution in [2.45, 2.75) is 19.3 Å². The van der Waals surface area contributed by atoms with E-state index in [0.717, 1.165) is 25.5 Å². The van der Waals surface area contributed by atoms with E-state index in [0.29, 0.717) is 11.4 Å². The first-order chi connectivity index (χ1) is 9.44. The van der Waals surface area contributed by atoms with E-state index in [1.807, 2.05) is 6.08 Å². The number of anilines is 2. The van der Waals surface area contributed by atoms with Crippen molar-refractivity contribution in [3.05, 3.63) is 36.4 Å². The second-order valence-corrected chi connectivity index (χ2v) is 6.67. The number of carbonyl (C=O) groups is 1. The molecule has 1 aromatic rings. The lowest BCUT2D eigenvalue weighted by molar-refractivity contribution is -0.120. The summed E-state index contributed by atoms with van der Waals surface area (Å²) in [5, 5.41) is 2.85. The Morgan fingerprint density at radius 2 is 1.80 bits per heavy atom. The number of hydrogen-bond donors (Lipinski definition) is 2. The van der Waals surface area contributed by atoms with Gasteiger partial charge in [-0.2, -0.15) is 0 Å². The second-order valence-electron chi connectivity index (χ2n) is 4.92. The van der Waals surface area contributed by atoms with E-state index in [9.17, 15) is 13.2 Å². The van der Waals surface area contributed by atoms with Crippen LogP contribution in [0.25, 0.3) is 0 Å². The Morgan fingerprint density at radius 1 is 1.15 bits per heavy atom. The monoisotopic (exact) mass is 294 g/mol. The second kappa shape index (κ2) is 6.09. The van der Waals surface area contributed by atoms with Gasteiger partial charge in [0.15, 0.2) is 0 Å². The van der Waals surface area contributed by atoms with Gasteiger partial charge in [-0.25, -0.2) is 8.42 Å². The zero-order valence-electron chi connectivity index (χ0n) is 11.3. The highest BCUT2D eigenvalue weighted by Gasteiger charge is 2.18. The lowest BCUT2D eigenvalue weighted by Gasteiger charge is -2.17. The van der Waals surface area contributed by atoms with Gasteiger partial charge in [-0.05, 0) is 43.5 Å². The number of nitrogens with one attached hydrogen (secondary N) is 2. The van der Waals surface area contributed by atoms with Crippen molar-refractivity contribution in [1.82, 2.24) is 0 Å². The molecule has 2 N–H and O–H groups in total. The van der Waals surface area contributed by atoms with Gasteiger partial charge in [0.2, 0.25) is 15.9 Å². The fourth-order valence-electron chi connectivity index (χ4n) is 2.11. The quantitative estimate of drug-likeness (QED) is 0.837. The number of benzene rings is 1. The van der Waals surface area contributed by atoms with Gasteiger partial charge >= 0.3 is 0 Å². The van der Waals surface area contributed by atoms with Crippen LogP contribution in [-0.2, 0) is 14.8 Å². The van der Waals surface area contributed by atoms with Crippen LogP contribution in [0.1, 0.15) is 19.3 Å². The predicted octanol–water partition coefficient (Wildman–Crippen LogP) is 2.35. The molecule has 0 heterocycles. The number of amides is 1. The first-order valence-electron chi connectivity index (χ1n) is 6.48. The fraction of sp³-hybridized carbons (Fsp3) is 0.357. The maximum atomic E-state index is 12.0. The van der Waals surface area contributed by atoms with Crippen molar-refractivity contribution in [3.63, 3.8) is 0 Å². The van der Waals surface area contributed by atoms with E-state index in [-0.39, 0.29) is 11.8 Å². The zero-order valence-corrected chi connectivity index (χ0v) is 12.1. The highest BCUT2D eigenvalue weighted by atomic mass is 32.2. The maximum Gasteiger partial charge on any atom is 0.229 e. The molecule has 0 fully saturated rings. The molecule has 0 radical (unpaired) electrons. The summed E-state index contributed by atoms with van der Waals surface area (Å²) in [6, 6.07) is 6.61. The number of hydrogen-bond acceptors (Lipinski definition) is 3. The van der Waals surface area contributed by atoms with Crippen LogP contribution in [0.2, 0.25) is 0 Å². The van der Waals surface area contributed by atoms with Gasteiger partial charge in [0.1, 0.15) is 0 Å². The molecule has 0 saturated heterocycles. The van der Waals surface area contributed by atoms with Crippen LogP contribution in [0, 0.1) is 5.92 Å². The molecule has 108 valence electrons. The Kier molecular flexibility index (Phi) is 4.44. The fourth-order valence-corrected chi connectivity index (χ4v) is 2.68. The molecule has 1 aromatic carbocycles. The van der Waals surface area contributed by atoms with E-state index in [4.69, 9.17) is 0 Å². The van der Waals surface area contributed by atoms with E-state index in [1.54, 1.807) is 24.3 Å². The van der Waals surface area contributed by atoms with Crippen LogP contribution < -0.4 is 10.0 Å². The van der Waals surface area contributed by atoms with E-state index in [2.05, 4.69) is 16.1 Å². The van der Waals surface area contributed by atoms with Gasteiger partial charge < -0.3 is 5.32 Å². The summed E-state index contributed by atoms with van der Waals surface area (Å²) in [4.78, 5) is 12.0. The van der Waals surface area contributed by atoms with E-state index < -0.39 is 10.0 Å². The largest absolute Gasteiger partial charge is 0.326 e. The minimum absolute atomic E-state index is 0.0122. The molecule has 2 rings (SSSR count). The lowest BCUT2D eigenvalue weighted by atomic mass is 9.93. The van der Waals surface area contributed by atoms with Gasteiger partial charge in [0, 0.05) is 17.3 Å². The molecule has 1 aliphatic carbocycles. The smallest absolute Gasteiger partial charge is 0.229 e. The Morgan fingerprint density at radius 3 is 2.35 bits per heavy atom. The SMILES string of the molecule is CS(=O)(=O)Nc1ccc(NC(=O)[C@H]2CC=CCC2)cc1. The molecule has 0 saturated carbocycles. The average Bonchev–Trinajstić information content (AvgIpc) is 2.40. The summed E-state index contributed by atoms with van der Waals surface area (Å²) in [5.74, 6) is 0.0343. The van der Waals surface area contributed by atoms with Crippen LogP contribution in [0.3, 0.4) is 0 Å². The number of allylic oxidation sites excluding steroid dienone is 2. The van der Waals surface area contributed by atoms with Crippen LogP contribution in [0.15, 0.2) is 36.4 Å². The molecule has 5 nitrogen and oxygen atoms in total. The van der Waals surface area contributed by atoms with Crippen LogP contribution >= 0.6 is 0 Å². The number of carbonyl (C=O) groups excluding carboxylic acids is 1. The molecule has 1 amide bonds. The van der Waals surface area contributed by atoms with Gasteiger partial charge in [-0.3, -0.25) is 9.52 Å². The van der Waals surface area contributed by atoms with Crippen molar-refractivity contribution < 1.29 is 13.2 Å². The Labute approximate surface area is 119 Å². The van der Waals surface area contributed by atoms with Crippen molar-refractivity contribution >= 4 is 27.3 Å². The highest BCUT2D eigenvalue weighted by molar-refractivity contribution is 7.92. The molecule has 0 bridgehead atoms. The average molecular weight is 294 g/mol. The molecular formula is C14H18N2O3S. The van der Waals surface area contributed by atoms with Crippen molar-refractivity contribution in [2.24, 2.45) is 5.92 Å². The lowest BCUT2D eigenvalue weighted by Crippen LogP contribution is -2.23. The van der Waals surface area contributed by atoms with Crippen molar-refractivity contribution in [2.75, 3.05) is 16.3 Å². The van der Waals surface area contributed by atoms with Gasteiger partial charge in [0.05, 0.1) is 6.26 Å². The van der Waals surface area contributed by atoms with Gasteiger partial charge in [-0.1, -0.05) is 12.2 Å². The summed E-state index contributed by atoms with van der Waals surface area (Å²) in [5.41, 5.74) is 1.15. The van der Waals surface area contributed by atoms with Crippen molar-refractivity contribution in [3.8, 4) is 0 Å². The molecule has 0 aliphatic heterocycles. The standard InChI is InChI=1S/C14H18N2O3S/c1-20(18,19)16-13-9-7-12(8-10-13)15-14(17)11-5-3-2-4-6-11/h2-3,7-11,16H,4-6H2,1H3,(H,15,17)/t11-/m0/s1. The molecule has 6 heteroatoms. The Balaban J connectivity index is 1.96. The third-order valence-electron chi connectivity index (χ3n) is 3.10. The predicted molar refractivity (Wildman–Crippen MR) is 80.0 cm³/mol. The molecule has 1 aliphatic rings. The number of rotatable bonds is 4. The normalized spacial score (nSPS) is 18.6. The Bertz CT molecular complexity index is 606. The summed E-state index contributed by atoms with van der Waals surface area (Å²) < 4.78 is 24.5. The first-order valence-corrected chi connectivity index (χ1v) is 8.37. The van der Waals surface area contributed by atoms with Crippen LogP contribution in [-0.4, -0.2) is 20.6 Å². The van der Waals surface area contributed by atoms with E-state index >= 15 is 0 Å². The minimum atomic E-state index is -3.28. The van der Waals surface area contributed by atoms with Gasteiger partial charge in [-0.15, -0.1) is 0 Å². The summed E-state index contributed by atoms with van der Waals surface area (Å²) in [7, 11) is -3.28. The van der Waals surface area contributed by atoms with E-state index in [1.165, 1.54) is 0 Å². The summed E-state index contributed by atoms with van der Waals surface area (Å²) in [6.07, 6.45) is 7.81. The van der Waals surface area contributed by atoms with Crippen molar-refractivity contribution in [1.29, 1.82) is 0 Å². The summed E-state index contributed by atoms with van der Waals surface area (Å²) >= 11 is 0. The molecule has 20 heavy (non-hydrogen) atoms. The number of sulfonamides is 1. The zero-order chi connectivity index (χ0) is 14.6. The van der Waals surface area contributed by atoms with Crippen LogP contribution in [0.4, 0.5) is 11.4 Å². The first kappa shape index (κ1) is 14.6. The summed E-state index contributed by atoms with van der Waals surface area (Å²) in [6.45, 7) is 0. The highest BCUT2D eigenvalue weighted by Crippen LogP contribution is 2.21. The topological polar surface area (TPSA) is 75.3 Å². The minimum Gasteiger partial charge on any atom is -0.326 e. The molecular weight excluding hydrogens is 276 g/mol. The van der Waals surface area contributed by atoms with Crippen LogP contribution in [0.5, 0.6) is 0 Å². The molecule has 1 atom stereocenters. The molecule has 0 unspecified atom stereocenters. The molecule has 0 aromatic heterocycles. The molecule has 0 spiro atoms. The van der Waals surface area contributed by atoms with Gasteiger partial charge in [0.25, 0.3) is 0 Å². The maximum absolute atomic E-state index is 12.0. The Hall–Kier alpha value is -1.82.